The molecule has 4 nitrogen and oxygen atoms in total. The summed E-state index contributed by atoms with van der Waals surface area (Å²) in [6.07, 6.45) is 5.72. The molecule has 21 heavy (non-hydrogen) atoms. The summed E-state index contributed by atoms with van der Waals surface area (Å²) >= 11 is 0. The number of benzene rings is 1. The van der Waals surface area contributed by atoms with Crippen LogP contribution in [-0.4, -0.2) is 20.6 Å². The van der Waals surface area contributed by atoms with Crippen LogP contribution in [0.2, 0.25) is 0 Å². The van der Waals surface area contributed by atoms with Crippen molar-refractivity contribution in [2.45, 2.75) is 33.0 Å². The molecule has 3 rings (SSSR count). The Morgan fingerprint density at radius 2 is 2.05 bits per heavy atom. The van der Waals surface area contributed by atoms with Gasteiger partial charge in [0.1, 0.15) is 5.82 Å². The number of hydrogen-bond donors (Lipinski definition) is 1. The molecular weight excluding hydrogens is 260 g/mol. The molecule has 108 valence electrons. The predicted molar refractivity (Wildman–Crippen MR) is 85.0 cm³/mol. The Bertz CT molecular complexity index is 730. The molecule has 0 bridgehead atoms. The van der Waals surface area contributed by atoms with Crippen LogP contribution in [0.5, 0.6) is 0 Å². The summed E-state index contributed by atoms with van der Waals surface area (Å²) in [5.41, 5.74) is 2.30. The Morgan fingerprint density at radius 1 is 1.14 bits per heavy atom. The highest BCUT2D eigenvalue weighted by molar-refractivity contribution is 5.78. The average Bonchev–Trinajstić information content (AvgIpc) is 2.92. The van der Waals surface area contributed by atoms with Crippen molar-refractivity contribution in [1.29, 1.82) is 0 Å². The van der Waals surface area contributed by atoms with E-state index in [2.05, 4.69) is 58.0 Å². The Labute approximate surface area is 124 Å². The zero-order chi connectivity index (χ0) is 14.7. The van der Waals surface area contributed by atoms with E-state index in [9.17, 15) is 0 Å². The van der Waals surface area contributed by atoms with Gasteiger partial charge >= 0.3 is 0 Å². The van der Waals surface area contributed by atoms with Crippen molar-refractivity contribution in [3.63, 3.8) is 0 Å². The second kappa shape index (κ2) is 6.06. The van der Waals surface area contributed by atoms with Gasteiger partial charge in [-0.3, -0.25) is 4.98 Å². The lowest BCUT2D eigenvalue weighted by atomic mass is 10.1. The number of rotatable bonds is 5. The molecule has 0 fully saturated rings. The fourth-order valence-corrected chi connectivity index (χ4v) is 2.37. The van der Waals surface area contributed by atoms with Gasteiger partial charge in [-0.2, -0.15) is 0 Å². The van der Waals surface area contributed by atoms with Gasteiger partial charge in [-0.05, 0) is 23.8 Å². The Hall–Kier alpha value is -2.20. The summed E-state index contributed by atoms with van der Waals surface area (Å²) < 4.78 is 2.19. The first-order chi connectivity index (χ1) is 10.2. The van der Waals surface area contributed by atoms with Gasteiger partial charge in [0.05, 0.1) is 12.1 Å². The van der Waals surface area contributed by atoms with Gasteiger partial charge < -0.3 is 9.88 Å². The number of nitrogens with zero attached hydrogens (tertiary/aromatic N) is 3. The van der Waals surface area contributed by atoms with Crippen LogP contribution in [0.1, 0.15) is 25.2 Å². The van der Waals surface area contributed by atoms with Crippen LogP contribution < -0.4 is 5.32 Å². The molecule has 1 N–H and O–H groups in total. The van der Waals surface area contributed by atoms with Crippen molar-refractivity contribution >= 4 is 10.9 Å². The minimum absolute atomic E-state index is 0.460. The van der Waals surface area contributed by atoms with E-state index >= 15 is 0 Å². The molecule has 0 amide bonds. The molecule has 0 spiro atoms. The number of nitrogens with one attached hydrogen (secondary N) is 1. The van der Waals surface area contributed by atoms with Crippen LogP contribution in [-0.2, 0) is 13.1 Å². The summed E-state index contributed by atoms with van der Waals surface area (Å²) in [5.74, 6) is 1.06. The molecule has 1 aromatic carbocycles. The number of hydrogen-bond acceptors (Lipinski definition) is 3. The Balaban J connectivity index is 1.80. The number of aromatic nitrogens is 3. The van der Waals surface area contributed by atoms with Crippen molar-refractivity contribution < 1.29 is 0 Å². The van der Waals surface area contributed by atoms with Gasteiger partial charge in [-0.25, -0.2) is 4.98 Å². The van der Waals surface area contributed by atoms with Gasteiger partial charge in [0.25, 0.3) is 0 Å². The fraction of sp³-hybridized carbons (Fsp3) is 0.294. The van der Waals surface area contributed by atoms with Crippen molar-refractivity contribution in [3.05, 3.63) is 60.3 Å². The first-order valence-corrected chi connectivity index (χ1v) is 7.29. The van der Waals surface area contributed by atoms with Gasteiger partial charge in [0.2, 0.25) is 0 Å². The number of pyridine rings is 1. The number of imidazole rings is 1. The third kappa shape index (κ3) is 3.28. The SMILES string of the molecule is CC(C)NCc1nccn1Cc1ccc2ncccc2c1. The molecule has 0 aliphatic heterocycles. The van der Waals surface area contributed by atoms with E-state index in [0.29, 0.717) is 6.04 Å². The molecular formula is C17H20N4. The van der Waals surface area contributed by atoms with Crippen LogP contribution in [0.25, 0.3) is 10.9 Å². The zero-order valence-electron chi connectivity index (χ0n) is 12.5. The summed E-state index contributed by atoms with van der Waals surface area (Å²) in [5, 5.41) is 4.59. The van der Waals surface area contributed by atoms with Gasteiger partial charge in [0, 0.05) is 36.6 Å². The molecule has 0 saturated carbocycles. The molecule has 0 atom stereocenters. The summed E-state index contributed by atoms with van der Waals surface area (Å²) in [4.78, 5) is 8.79. The van der Waals surface area contributed by atoms with E-state index in [1.54, 1.807) is 0 Å². The van der Waals surface area contributed by atoms with E-state index in [1.165, 1.54) is 10.9 Å². The maximum Gasteiger partial charge on any atom is 0.122 e. The molecule has 0 aliphatic carbocycles. The smallest absolute Gasteiger partial charge is 0.122 e. The second-order valence-corrected chi connectivity index (χ2v) is 5.54. The Morgan fingerprint density at radius 3 is 2.90 bits per heavy atom. The van der Waals surface area contributed by atoms with E-state index < -0.39 is 0 Å². The molecule has 2 aromatic heterocycles. The van der Waals surface area contributed by atoms with E-state index in [0.717, 1.165) is 24.4 Å². The lowest BCUT2D eigenvalue weighted by molar-refractivity contribution is 0.554. The standard InChI is InChI=1S/C17H20N4/c1-13(2)20-11-17-19-8-9-21(17)12-14-5-6-16-15(10-14)4-3-7-18-16/h3-10,13,20H,11-12H2,1-2H3. The summed E-state index contributed by atoms with van der Waals surface area (Å²) in [7, 11) is 0. The van der Waals surface area contributed by atoms with Gasteiger partial charge in [-0.1, -0.05) is 26.0 Å². The summed E-state index contributed by atoms with van der Waals surface area (Å²) in [6, 6.07) is 10.9. The predicted octanol–water partition coefficient (Wildman–Crippen LogP) is 2.98. The highest BCUT2D eigenvalue weighted by Gasteiger charge is 2.05. The molecule has 4 heteroatoms. The third-order valence-corrected chi connectivity index (χ3v) is 3.49. The molecule has 0 unspecified atom stereocenters. The van der Waals surface area contributed by atoms with Crippen LogP contribution in [0.15, 0.2) is 48.9 Å². The fourth-order valence-electron chi connectivity index (χ4n) is 2.37. The topological polar surface area (TPSA) is 42.7 Å². The van der Waals surface area contributed by atoms with Crippen molar-refractivity contribution in [1.82, 2.24) is 19.9 Å². The minimum atomic E-state index is 0.460. The molecule has 2 heterocycles. The molecule has 3 aromatic rings. The lowest BCUT2D eigenvalue weighted by Gasteiger charge is -2.11. The third-order valence-electron chi connectivity index (χ3n) is 3.49. The van der Waals surface area contributed by atoms with E-state index in [-0.39, 0.29) is 0 Å². The van der Waals surface area contributed by atoms with Crippen molar-refractivity contribution in [3.8, 4) is 0 Å². The van der Waals surface area contributed by atoms with Gasteiger partial charge in [0.15, 0.2) is 0 Å². The van der Waals surface area contributed by atoms with Crippen LogP contribution in [0.3, 0.4) is 0 Å². The lowest BCUT2D eigenvalue weighted by Crippen LogP contribution is -2.24. The maximum atomic E-state index is 4.43. The normalized spacial score (nSPS) is 11.4. The first kappa shape index (κ1) is 13.8. The van der Waals surface area contributed by atoms with Crippen LogP contribution in [0, 0.1) is 0 Å². The maximum absolute atomic E-state index is 4.43. The van der Waals surface area contributed by atoms with E-state index in [4.69, 9.17) is 0 Å². The van der Waals surface area contributed by atoms with Gasteiger partial charge in [-0.15, -0.1) is 0 Å². The van der Waals surface area contributed by atoms with Crippen LogP contribution in [0.4, 0.5) is 0 Å². The second-order valence-electron chi connectivity index (χ2n) is 5.54. The first-order valence-electron chi connectivity index (χ1n) is 7.29. The molecule has 0 radical (unpaired) electrons. The summed E-state index contributed by atoms with van der Waals surface area (Å²) in [6.45, 7) is 5.91. The monoisotopic (exact) mass is 280 g/mol. The average molecular weight is 280 g/mol. The van der Waals surface area contributed by atoms with Crippen molar-refractivity contribution in [2.24, 2.45) is 0 Å². The molecule has 0 aliphatic rings. The van der Waals surface area contributed by atoms with Crippen LogP contribution >= 0.6 is 0 Å². The largest absolute Gasteiger partial charge is 0.329 e. The molecule has 0 saturated heterocycles. The number of fused-ring (bicyclic) bond motifs is 1. The zero-order valence-corrected chi connectivity index (χ0v) is 12.5. The highest BCUT2D eigenvalue weighted by atomic mass is 15.1. The highest BCUT2D eigenvalue weighted by Crippen LogP contribution is 2.15. The quantitative estimate of drug-likeness (QED) is 0.781. The van der Waals surface area contributed by atoms with Crippen molar-refractivity contribution in [2.75, 3.05) is 0 Å². The Kier molecular flexibility index (Phi) is 3.97. The minimum Gasteiger partial charge on any atom is -0.329 e. The van der Waals surface area contributed by atoms with E-state index in [1.807, 2.05) is 24.7 Å².